The Balaban J connectivity index is 2.73. The molecule has 0 aromatic rings. The van der Waals surface area contributed by atoms with E-state index in [-0.39, 0.29) is 24.1 Å². The highest BCUT2D eigenvalue weighted by molar-refractivity contribution is 4.94. The van der Waals surface area contributed by atoms with Gasteiger partial charge in [-0.1, -0.05) is 27.7 Å². The number of hydrogen-bond acceptors (Lipinski definition) is 3. The fraction of sp³-hybridized carbons (Fsp3) is 1.00. The van der Waals surface area contributed by atoms with Gasteiger partial charge in [0.25, 0.3) is 0 Å². The van der Waals surface area contributed by atoms with E-state index in [1.54, 1.807) is 0 Å². The van der Waals surface area contributed by atoms with Crippen LogP contribution in [-0.2, 0) is 0 Å². The molecule has 0 bridgehead atoms. The summed E-state index contributed by atoms with van der Waals surface area (Å²) in [4.78, 5) is 2.43. The molecule has 1 aliphatic rings. The molecule has 0 aromatic heterocycles. The third-order valence-corrected chi connectivity index (χ3v) is 3.92. The van der Waals surface area contributed by atoms with Crippen molar-refractivity contribution in [3.8, 4) is 0 Å². The molecule has 3 N–H and O–H groups in total. The number of aliphatic hydroxyl groups excluding tert-OH is 1. The molecule has 0 spiro atoms. The first-order chi connectivity index (χ1) is 7.41. The van der Waals surface area contributed by atoms with Crippen LogP contribution in [-0.4, -0.2) is 41.3 Å². The highest BCUT2D eigenvalue weighted by Gasteiger charge is 2.37. The van der Waals surface area contributed by atoms with Gasteiger partial charge >= 0.3 is 0 Å². The first kappa shape index (κ1) is 13.9. The molecule has 3 heteroatoms. The minimum Gasteiger partial charge on any atom is -0.395 e. The van der Waals surface area contributed by atoms with Gasteiger partial charge in [-0.2, -0.15) is 0 Å². The Hall–Kier alpha value is -0.120. The van der Waals surface area contributed by atoms with E-state index in [2.05, 4.69) is 32.6 Å². The van der Waals surface area contributed by atoms with Gasteiger partial charge in [-0.25, -0.2) is 0 Å². The summed E-state index contributed by atoms with van der Waals surface area (Å²) in [5, 5.41) is 9.61. The molecule has 3 unspecified atom stereocenters. The van der Waals surface area contributed by atoms with Gasteiger partial charge in [0, 0.05) is 18.1 Å². The molecule has 0 saturated carbocycles. The number of nitrogens with two attached hydrogens (primary N) is 1. The zero-order valence-corrected chi connectivity index (χ0v) is 11.2. The second kappa shape index (κ2) is 5.48. The topological polar surface area (TPSA) is 49.5 Å². The molecular formula is C13H28N2O. The Morgan fingerprint density at radius 2 is 2.06 bits per heavy atom. The van der Waals surface area contributed by atoms with Crippen LogP contribution in [0.5, 0.6) is 0 Å². The first-order valence-electron chi connectivity index (χ1n) is 6.54. The maximum atomic E-state index is 9.61. The van der Waals surface area contributed by atoms with Crippen molar-refractivity contribution in [2.75, 3.05) is 13.2 Å². The zero-order chi connectivity index (χ0) is 12.3. The van der Waals surface area contributed by atoms with Gasteiger partial charge in [0.05, 0.1) is 6.61 Å². The standard InChI is InChI=1S/C13H28N2O/c1-5-10-7-6-8-15(10)11(9-16)12(14)13(2,3)4/h10-12,16H,5-9,14H2,1-4H3. The summed E-state index contributed by atoms with van der Waals surface area (Å²) < 4.78 is 0. The van der Waals surface area contributed by atoms with E-state index in [9.17, 15) is 5.11 Å². The fourth-order valence-electron chi connectivity index (χ4n) is 2.74. The average Bonchev–Trinajstić information content (AvgIpc) is 2.65. The number of rotatable bonds is 4. The largest absolute Gasteiger partial charge is 0.395 e. The average molecular weight is 228 g/mol. The van der Waals surface area contributed by atoms with Crippen LogP contribution >= 0.6 is 0 Å². The van der Waals surface area contributed by atoms with Gasteiger partial charge in [0.1, 0.15) is 0 Å². The van der Waals surface area contributed by atoms with Crippen molar-refractivity contribution in [3.05, 3.63) is 0 Å². The van der Waals surface area contributed by atoms with E-state index in [1.165, 1.54) is 12.8 Å². The maximum absolute atomic E-state index is 9.61. The lowest BCUT2D eigenvalue weighted by molar-refractivity contribution is 0.0610. The Kier molecular flexibility index (Phi) is 4.77. The Morgan fingerprint density at radius 1 is 1.44 bits per heavy atom. The van der Waals surface area contributed by atoms with E-state index in [1.807, 2.05) is 0 Å². The molecule has 1 fully saturated rings. The van der Waals surface area contributed by atoms with E-state index in [0.29, 0.717) is 6.04 Å². The second-order valence-corrected chi connectivity index (χ2v) is 6.08. The van der Waals surface area contributed by atoms with Crippen molar-refractivity contribution in [1.82, 2.24) is 4.90 Å². The SMILES string of the molecule is CCC1CCCN1C(CO)C(N)C(C)(C)C. The Bertz CT molecular complexity index is 212. The molecule has 3 nitrogen and oxygen atoms in total. The quantitative estimate of drug-likeness (QED) is 0.768. The van der Waals surface area contributed by atoms with Gasteiger partial charge in [-0.15, -0.1) is 0 Å². The number of nitrogens with zero attached hydrogens (tertiary/aromatic N) is 1. The van der Waals surface area contributed by atoms with Crippen LogP contribution in [0.15, 0.2) is 0 Å². The molecule has 1 rings (SSSR count). The summed E-state index contributed by atoms with van der Waals surface area (Å²) in [6.07, 6.45) is 3.66. The summed E-state index contributed by atoms with van der Waals surface area (Å²) in [5.41, 5.74) is 6.35. The molecular weight excluding hydrogens is 200 g/mol. The zero-order valence-electron chi connectivity index (χ0n) is 11.2. The van der Waals surface area contributed by atoms with E-state index < -0.39 is 0 Å². The lowest BCUT2D eigenvalue weighted by atomic mass is 9.82. The van der Waals surface area contributed by atoms with Crippen LogP contribution in [0.1, 0.15) is 47.0 Å². The fourth-order valence-corrected chi connectivity index (χ4v) is 2.74. The highest BCUT2D eigenvalue weighted by Crippen LogP contribution is 2.28. The molecule has 0 aliphatic carbocycles. The smallest absolute Gasteiger partial charge is 0.0602 e. The Labute approximate surface area is 100 Å². The summed E-state index contributed by atoms with van der Waals surface area (Å²) in [6, 6.07) is 0.766. The predicted molar refractivity (Wildman–Crippen MR) is 68.3 cm³/mol. The van der Waals surface area contributed by atoms with E-state index >= 15 is 0 Å². The Morgan fingerprint density at radius 3 is 2.50 bits per heavy atom. The third-order valence-electron chi connectivity index (χ3n) is 3.92. The highest BCUT2D eigenvalue weighted by atomic mass is 16.3. The summed E-state index contributed by atoms with van der Waals surface area (Å²) in [6.45, 7) is 9.94. The number of likely N-dealkylation sites (tertiary alicyclic amines) is 1. The van der Waals surface area contributed by atoms with Crippen LogP contribution in [0.4, 0.5) is 0 Å². The van der Waals surface area contributed by atoms with Crippen molar-refractivity contribution in [2.24, 2.45) is 11.1 Å². The van der Waals surface area contributed by atoms with Crippen LogP contribution in [0.3, 0.4) is 0 Å². The molecule has 0 amide bonds. The van der Waals surface area contributed by atoms with Crippen molar-refractivity contribution < 1.29 is 5.11 Å². The minimum absolute atomic E-state index is 0.0321. The second-order valence-electron chi connectivity index (χ2n) is 6.08. The molecule has 0 radical (unpaired) electrons. The number of aliphatic hydroxyl groups is 1. The van der Waals surface area contributed by atoms with Gasteiger partial charge in [-0.05, 0) is 31.2 Å². The number of hydrogen-bond donors (Lipinski definition) is 2. The van der Waals surface area contributed by atoms with Crippen LogP contribution in [0, 0.1) is 5.41 Å². The molecule has 0 aromatic carbocycles. The molecule has 3 atom stereocenters. The summed E-state index contributed by atoms with van der Waals surface area (Å²) in [5.74, 6) is 0. The van der Waals surface area contributed by atoms with E-state index in [4.69, 9.17) is 5.73 Å². The van der Waals surface area contributed by atoms with Crippen molar-refractivity contribution in [2.45, 2.75) is 65.1 Å². The minimum atomic E-state index is 0.0321. The molecule has 96 valence electrons. The molecule has 1 aliphatic heterocycles. The molecule has 1 heterocycles. The van der Waals surface area contributed by atoms with Crippen molar-refractivity contribution in [1.29, 1.82) is 0 Å². The van der Waals surface area contributed by atoms with Gasteiger partial charge in [-0.3, -0.25) is 4.90 Å². The lowest BCUT2D eigenvalue weighted by Gasteiger charge is -2.40. The van der Waals surface area contributed by atoms with Crippen LogP contribution in [0.2, 0.25) is 0 Å². The molecule has 16 heavy (non-hydrogen) atoms. The van der Waals surface area contributed by atoms with E-state index in [0.717, 1.165) is 13.0 Å². The maximum Gasteiger partial charge on any atom is 0.0602 e. The summed E-state index contributed by atoms with van der Waals surface area (Å²) >= 11 is 0. The molecule has 1 saturated heterocycles. The predicted octanol–water partition coefficient (Wildman–Crippen LogP) is 1.60. The van der Waals surface area contributed by atoms with Crippen molar-refractivity contribution >= 4 is 0 Å². The summed E-state index contributed by atoms with van der Waals surface area (Å²) in [7, 11) is 0. The van der Waals surface area contributed by atoms with Gasteiger partial charge < -0.3 is 10.8 Å². The van der Waals surface area contributed by atoms with Gasteiger partial charge in [0.15, 0.2) is 0 Å². The normalized spacial score (nSPS) is 27.0. The monoisotopic (exact) mass is 228 g/mol. The lowest BCUT2D eigenvalue weighted by Crippen LogP contribution is -2.56. The van der Waals surface area contributed by atoms with Crippen LogP contribution < -0.4 is 5.73 Å². The van der Waals surface area contributed by atoms with Crippen molar-refractivity contribution in [3.63, 3.8) is 0 Å². The van der Waals surface area contributed by atoms with Crippen LogP contribution in [0.25, 0.3) is 0 Å². The van der Waals surface area contributed by atoms with Gasteiger partial charge in [0.2, 0.25) is 0 Å². The first-order valence-corrected chi connectivity index (χ1v) is 6.54. The third kappa shape index (κ3) is 2.96.